The highest BCUT2D eigenvalue weighted by atomic mass is 14.9. The van der Waals surface area contributed by atoms with Crippen LogP contribution in [0.1, 0.15) is 17.7 Å². The van der Waals surface area contributed by atoms with E-state index in [1.807, 2.05) is 13.0 Å². The molecule has 1 heterocycles. The van der Waals surface area contributed by atoms with Crippen molar-refractivity contribution >= 4 is 5.69 Å². The molecule has 0 fully saturated rings. The van der Waals surface area contributed by atoms with Crippen molar-refractivity contribution < 1.29 is 0 Å². The van der Waals surface area contributed by atoms with Crippen LogP contribution in [-0.4, -0.2) is 11.5 Å². The maximum atomic E-state index is 8.80. The molecule has 3 nitrogen and oxygen atoms in total. The molecule has 0 atom stereocenters. The first-order chi connectivity index (χ1) is 6.77. The predicted octanol–water partition coefficient (Wildman–Crippen LogP) is 1.70. The molecule has 0 aliphatic rings. The van der Waals surface area contributed by atoms with Gasteiger partial charge in [0.2, 0.25) is 0 Å². The number of hydrogen-bond acceptors (Lipinski definition) is 3. The Hall–Kier alpha value is -2.00. The zero-order valence-corrected chi connectivity index (χ0v) is 8.04. The second-order valence-electron chi connectivity index (χ2n) is 2.86. The van der Waals surface area contributed by atoms with Gasteiger partial charge in [0.25, 0.3) is 0 Å². The van der Waals surface area contributed by atoms with Gasteiger partial charge in [-0.1, -0.05) is 0 Å². The van der Waals surface area contributed by atoms with Crippen LogP contribution in [0.15, 0.2) is 12.3 Å². The van der Waals surface area contributed by atoms with Crippen LogP contribution in [0, 0.1) is 30.6 Å². The van der Waals surface area contributed by atoms with E-state index in [1.54, 1.807) is 6.20 Å². The SMILES string of the molecule is C#CCCNc1cc(C)ncc1C#N. The fourth-order valence-corrected chi connectivity index (χ4v) is 1.06. The summed E-state index contributed by atoms with van der Waals surface area (Å²) in [6, 6.07) is 3.92. The van der Waals surface area contributed by atoms with Crippen LogP contribution in [0.3, 0.4) is 0 Å². The van der Waals surface area contributed by atoms with Gasteiger partial charge in [-0.3, -0.25) is 4.98 Å². The minimum absolute atomic E-state index is 0.549. The van der Waals surface area contributed by atoms with Gasteiger partial charge in [-0.25, -0.2) is 0 Å². The summed E-state index contributed by atoms with van der Waals surface area (Å²) in [5.41, 5.74) is 2.23. The summed E-state index contributed by atoms with van der Waals surface area (Å²) in [5, 5.41) is 11.9. The Morgan fingerprint density at radius 2 is 2.43 bits per heavy atom. The molecule has 1 aromatic heterocycles. The maximum absolute atomic E-state index is 8.80. The first-order valence-electron chi connectivity index (χ1n) is 4.32. The number of pyridine rings is 1. The summed E-state index contributed by atoms with van der Waals surface area (Å²) in [6.45, 7) is 2.56. The molecular weight excluding hydrogens is 174 g/mol. The molecule has 0 aromatic carbocycles. The van der Waals surface area contributed by atoms with Crippen molar-refractivity contribution in [3.8, 4) is 18.4 Å². The molecule has 0 saturated carbocycles. The number of aromatic nitrogens is 1. The number of aryl methyl sites for hydroxylation is 1. The van der Waals surface area contributed by atoms with Crippen LogP contribution in [0.5, 0.6) is 0 Å². The van der Waals surface area contributed by atoms with Gasteiger partial charge in [-0.05, 0) is 13.0 Å². The molecule has 0 amide bonds. The van der Waals surface area contributed by atoms with Crippen molar-refractivity contribution in [2.75, 3.05) is 11.9 Å². The van der Waals surface area contributed by atoms with Crippen molar-refractivity contribution in [2.24, 2.45) is 0 Å². The van der Waals surface area contributed by atoms with Gasteiger partial charge < -0.3 is 5.32 Å². The Bertz CT molecular complexity index is 396. The molecule has 0 saturated heterocycles. The first kappa shape index (κ1) is 10.1. The van der Waals surface area contributed by atoms with E-state index >= 15 is 0 Å². The van der Waals surface area contributed by atoms with Crippen LogP contribution in [0.2, 0.25) is 0 Å². The molecule has 14 heavy (non-hydrogen) atoms. The molecule has 0 spiro atoms. The Morgan fingerprint density at radius 3 is 3.07 bits per heavy atom. The molecule has 0 aliphatic heterocycles. The fourth-order valence-electron chi connectivity index (χ4n) is 1.06. The molecule has 0 unspecified atom stereocenters. The smallest absolute Gasteiger partial charge is 0.103 e. The van der Waals surface area contributed by atoms with Gasteiger partial charge >= 0.3 is 0 Å². The Morgan fingerprint density at radius 1 is 1.64 bits per heavy atom. The van der Waals surface area contributed by atoms with E-state index in [-0.39, 0.29) is 0 Å². The van der Waals surface area contributed by atoms with E-state index in [1.165, 1.54) is 0 Å². The summed E-state index contributed by atoms with van der Waals surface area (Å²) < 4.78 is 0. The minimum Gasteiger partial charge on any atom is -0.383 e. The highest BCUT2D eigenvalue weighted by Crippen LogP contribution is 2.13. The fraction of sp³-hybridized carbons (Fsp3) is 0.273. The summed E-state index contributed by atoms with van der Waals surface area (Å²) in [7, 11) is 0. The van der Waals surface area contributed by atoms with Gasteiger partial charge in [-0.15, -0.1) is 12.3 Å². The average molecular weight is 185 g/mol. The molecule has 0 aliphatic carbocycles. The molecule has 3 heteroatoms. The summed E-state index contributed by atoms with van der Waals surface area (Å²) in [4.78, 5) is 4.04. The quantitative estimate of drug-likeness (QED) is 0.576. The lowest BCUT2D eigenvalue weighted by Gasteiger charge is -2.06. The van der Waals surface area contributed by atoms with E-state index in [9.17, 15) is 0 Å². The van der Waals surface area contributed by atoms with Gasteiger partial charge in [0.1, 0.15) is 6.07 Å². The predicted molar refractivity (Wildman–Crippen MR) is 55.6 cm³/mol. The number of nitrogens with one attached hydrogen (secondary N) is 1. The minimum atomic E-state index is 0.549. The van der Waals surface area contributed by atoms with Gasteiger partial charge in [0.05, 0.1) is 11.3 Å². The maximum Gasteiger partial charge on any atom is 0.103 e. The normalized spacial score (nSPS) is 8.79. The molecule has 1 rings (SSSR count). The van der Waals surface area contributed by atoms with Crippen molar-refractivity contribution in [1.29, 1.82) is 5.26 Å². The third-order valence-corrected chi connectivity index (χ3v) is 1.75. The Kier molecular flexibility index (Phi) is 3.52. The van der Waals surface area contributed by atoms with Gasteiger partial charge in [0.15, 0.2) is 0 Å². The second kappa shape index (κ2) is 4.89. The number of rotatable bonds is 3. The van der Waals surface area contributed by atoms with Crippen LogP contribution in [0.25, 0.3) is 0 Å². The van der Waals surface area contributed by atoms with E-state index in [2.05, 4.69) is 22.3 Å². The Balaban J connectivity index is 2.80. The standard InChI is InChI=1S/C11H11N3/c1-3-4-5-13-11-6-9(2)14-8-10(11)7-12/h1,6,8H,4-5H2,2H3,(H,13,14). The highest BCUT2D eigenvalue weighted by molar-refractivity contribution is 5.56. The van der Waals surface area contributed by atoms with Crippen LogP contribution in [0.4, 0.5) is 5.69 Å². The lowest BCUT2D eigenvalue weighted by atomic mass is 10.2. The molecule has 1 aromatic rings. The topological polar surface area (TPSA) is 48.7 Å². The molecular formula is C11H11N3. The van der Waals surface area contributed by atoms with Crippen LogP contribution in [-0.2, 0) is 0 Å². The number of terminal acetylenes is 1. The summed E-state index contributed by atoms with van der Waals surface area (Å²) >= 11 is 0. The third-order valence-electron chi connectivity index (χ3n) is 1.75. The van der Waals surface area contributed by atoms with Crippen molar-refractivity contribution in [3.05, 3.63) is 23.5 Å². The van der Waals surface area contributed by atoms with Crippen molar-refractivity contribution in [3.63, 3.8) is 0 Å². The average Bonchev–Trinajstić information content (AvgIpc) is 2.19. The lowest BCUT2D eigenvalue weighted by molar-refractivity contribution is 1.08. The molecule has 0 bridgehead atoms. The van der Waals surface area contributed by atoms with E-state index in [0.29, 0.717) is 18.5 Å². The number of nitriles is 1. The monoisotopic (exact) mass is 185 g/mol. The summed E-state index contributed by atoms with van der Waals surface area (Å²) in [6.07, 6.45) is 7.33. The van der Waals surface area contributed by atoms with Gasteiger partial charge in [-0.2, -0.15) is 5.26 Å². The number of hydrogen-bond donors (Lipinski definition) is 1. The van der Waals surface area contributed by atoms with Crippen molar-refractivity contribution in [1.82, 2.24) is 4.98 Å². The molecule has 1 N–H and O–H groups in total. The van der Waals surface area contributed by atoms with Crippen LogP contribution < -0.4 is 5.32 Å². The molecule has 70 valence electrons. The zero-order chi connectivity index (χ0) is 10.4. The number of anilines is 1. The van der Waals surface area contributed by atoms with E-state index in [4.69, 9.17) is 11.7 Å². The third kappa shape index (κ3) is 2.50. The first-order valence-corrected chi connectivity index (χ1v) is 4.32. The lowest BCUT2D eigenvalue weighted by Crippen LogP contribution is -2.03. The largest absolute Gasteiger partial charge is 0.383 e. The van der Waals surface area contributed by atoms with Crippen LogP contribution >= 0.6 is 0 Å². The summed E-state index contributed by atoms with van der Waals surface area (Å²) in [5.74, 6) is 2.53. The van der Waals surface area contributed by atoms with Crippen molar-refractivity contribution in [2.45, 2.75) is 13.3 Å². The number of nitrogens with zero attached hydrogens (tertiary/aromatic N) is 2. The second-order valence-corrected chi connectivity index (χ2v) is 2.86. The molecule has 0 radical (unpaired) electrons. The van der Waals surface area contributed by atoms with E-state index in [0.717, 1.165) is 11.4 Å². The highest BCUT2D eigenvalue weighted by Gasteiger charge is 2.01. The van der Waals surface area contributed by atoms with Gasteiger partial charge in [0, 0.05) is 24.9 Å². The zero-order valence-electron chi connectivity index (χ0n) is 8.04. The Labute approximate surface area is 83.8 Å². The van der Waals surface area contributed by atoms with E-state index < -0.39 is 0 Å².